The number of non-ortho nitro benzene ring substituents is 1. The van der Waals surface area contributed by atoms with E-state index in [0.29, 0.717) is 23.1 Å². The number of carbonyl (C=O) groups excluding carboxylic acids is 3. The van der Waals surface area contributed by atoms with Crippen LogP contribution in [0.2, 0.25) is 0 Å². The average Bonchev–Trinajstić information content (AvgIpc) is 2.97. The molecule has 0 aliphatic carbocycles. The molecule has 0 bridgehead atoms. The number of aryl methyl sites for hydroxylation is 1. The summed E-state index contributed by atoms with van der Waals surface area (Å²) in [6, 6.07) is 13.9. The lowest BCUT2D eigenvalue weighted by Gasteiger charge is -2.35. The molecule has 3 amide bonds. The molecule has 0 aromatic heterocycles. The number of benzene rings is 3. The van der Waals surface area contributed by atoms with Gasteiger partial charge in [-0.15, -0.1) is 0 Å². The molecule has 0 aliphatic rings. The van der Waals surface area contributed by atoms with E-state index in [4.69, 9.17) is 5.73 Å². The monoisotopic (exact) mass is 590 g/mol. The first-order valence-corrected chi connectivity index (χ1v) is 13.1. The Balaban J connectivity index is 2.06. The van der Waals surface area contributed by atoms with Gasteiger partial charge in [-0.2, -0.15) is 0 Å². The first-order chi connectivity index (χ1) is 20.3. The molecule has 0 spiro atoms. The van der Waals surface area contributed by atoms with Crippen molar-refractivity contribution in [2.75, 3.05) is 4.90 Å². The number of aromatic carboxylic acids is 1. The van der Waals surface area contributed by atoms with Gasteiger partial charge in [-0.25, -0.2) is 9.59 Å². The average molecular weight is 591 g/mol. The van der Waals surface area contributed by atoms with E-state index in [1.165, 1.54) is 72.5 Å². The Morgan fingerprint density at radius 1 is 0.953 bits per heavy atom. The fourth-order valence-corrected chi connectivity index (χ4v) is 4.92. The molecule has 0 fully saturated rings. The van der Waals surface area contributed by atoms with E-state index < -0.39 is 46.7 Å². The van der Waals surface area contributed by atoms with E-state index in [2.05, 4.69) is 0 Å². The Hall–Kier alpha value is -5.59. The van der Waals surface area contributed by atoms with Gasteiger partial charge in [0.25, 0.3) is 5.69 Å². The number of hydrogen-bond acceptors (Lipinski definition) is 7. The highest BCUT2D eigenvalue weighted by molar-refractivity contribution is 6.39. The lowest BCUT2D eigenvalue weighted by atomic mass is 9.96. The number of para-hydroxylation sites is 1. The molecule has 13 heteroatoms. The third kappa shape index (κ3) is 7.01. The number of nitrogens with two attached hydrogens (primary N) is 1. The highest BCUT2D eigenvalue weighted by Gasteiger charge is 2.33. The smallest absolute Gasteiger partial charge is 0.395 e. The Labute approximate surface area is 246 Å². The molecule has 0 saturated heterocycles. The first kappa shape index (κ1) is 31.9. The molecule has 3 aromatic carbocycles. The van der Waals surface area contributed by atoms with Crippen LogP contribution < -0.4 is 10.6 Å². The second kappa shape index (κ2) is 13.4. The number of nitro groups is 1. The highest BCUT2D eigenvalue weighted by Crippen LogP contribution is 2.34. The molecule has 0 heterocycles. The van der Waals surface area contributed by atoms with Crippen molar-refractivity contribution in [3.05, 3.63) is 99.1 Å². The van der Waals surface area contributed by atoms with Gasteiger partial charge in [0.15, 0.2) is 0 Å². The molecule has 3 rings (SSSR count). The standard InChI is InChI=1S/C30H30N4O9/c1-4-20-15-19(9-14-24(20)33(28(37)30(40)41)25-8-6-5-7-23(25)29(38)39)16-26(27(31)36)32(18(3)35)17(2)21-10-12-22(13-11-21)34(42)43/h5-15,17,26H,4,16H2,1-3H3,(H2,31,36)(H,38,39)(H,40,41)/t17?,26-/m0/s1. The van der Waals surface area contributed by atoms with E-state index in [9.17, 15) is 44.3 Å². The van der Waals surface area contributed by atoms with Crippen LogP contribution in [0.3, 0.4) is 0 Å². The van der Waals surface area contributed by atoms with Crippen molar-refractivity contribution in [2.24, 2.45) is 5.73 Å². The summed E-state index contributed by atoms with van der Waals surface area (Å²) in [4.78, 5) is 74.6. The number of anilines is 2. The van der Waals surface area contributed by atoms with Crippen LogP contribution in [0.1, 0.15) is 53.9 Å². The maximum absolute atomic E-state index is 12.9. The summed E-state index contributed by atoms with van der Waals surface area (Å²) >= 11 is 0. The van der Waals surface area contributed by atoms with Crippen molar-refractivity contribution in [3.63, 3.8) is 0 Å². The third-order valence-electron chi connectivity index (χ3n) is 6.99. The minimum Gasteiger partial charge on any atom is -0.478 e. The summed E-state index contributed by atoms with van der Waals surface area (Å²) in [5.41, 5.74) is 6.86. The summed E-state index contributed by atoms with van der Waals surface area (Å²) in [5, 5.41) is 30.3. The molecule has 4 N–H and O–H groups in total. The number of nitrogens with zero attached hydrogens (tertiary/aromatic N) is 3. The predicted molar refractivity (Wildman–Crippen MR) is 155 cm³/mol. The minimum absolute atomic E-state index is 0.0435. The van der Waals surface area contributed by atoms with Crippen molar-refractivity contribution in [1.82, 2.24) is 4.90 Å². The van der Waals surface area contributed by atoms with Crippen molar-refractivity contribution < 1.29 is 39.1 Å². The molecular weight excluding hydrogens is 560 g/mol. The first-order valence-electron chi connectivity index (χ1n) is 13.1. The van der Waals surface area contributed by atoms with Crippen molar-refractivity contribution in [1.29, 1.82) is 0 Å². The predicted octanol–water partition coefficient (Wildman–Crippen LogP) is 3.61. The van der Waals surface area contributed by atoms with Crippen molar-refractivity contribution >= 4 is 46.7 Å². The Bertz CT molecular complexity index is 1590. The second-order valence-electron chi connectivity index (χ2n) is 9.66. The molecule has 224 valence electrons. The number of carbonyl (C=O) groups is 5. The van der Waals surface area contributed by atoms with E-state index in [-0.39, 0.29) is 29.0 Å². The lowest BCUT2D eigenvalue weighted by molar-refractivity contribution is -0.384. The number of aliphatic carboxylic acids is 1. The number of nitro benzene ring substituents is 1. The Morgan fingerprint density at radius 3 is 2.09 bits per heavy atom. The number of carboxylic acids is 2. The van der Waals surface area contributed by atoms with Gasteiger partial charge in [-0.05, 0) is 48.2 Å². The van der Waals surface area contributed by atoms with Crippen LogP contribution in [-0.4, -0.2) is 55.7 Å². The summed E-state index contributed by atoms with van der Waals surface area (Å²) in [6.07, 6.45) is 0.247. The quantitative estimate of drug-likeness (QED) is 0.169. The summed E-state index contributed by atoms with van der Waals surface area (Å²) in [6.45, 7) is 4.68. The van der Waals surface area contributed by atoms with Gasteiger partial charge in [0.2, 0.25) is 11.8 Å². The molecule has 0 aliphatic heterocycles. The van der Waals surface area contributed by atoms with Crippen LogP contribution in [-0.2, 0) is 32.0 Å². The maximum atomic E-state index is 12.9. The minimum atomic E-state index is -1.79. The third-order valence-corrected chi connectivity index (χ3v) is 6.99. The van der Waals surface area contributed by atoms with Crippen LogP contribution >= 0.6 is 0 Å². The van der Waals surface area contributed by atoms with Gasteiger partial charge in [0.05, 0.1) is 27.9 Å². The highest BCUT2D eigenvalue weighted by atomic mass is 16.6. The van der Waals surface area contributed by atoms with E-state index in [1.54, 1.807) is 19.9 Å². The number of primary amides is 1. The molecule has 3 aromatic rings. The Kier molecular flexibility index (Phi) is 9.94. The maximum Gasteiger partial charge on any atom is 0.395 e. The number of rotatable bonds is 11. The summed E-state index contributed by atoms with van der Waals surface area (Å²) < 4.78 is 0. The Morgan fingerprint density at radius 2 is 1.58 bits per heavy atom. The number of hydrogen-bond donors (Lipinski definition) is 3. The van der Waals surface area contributed by atoms with E-state index in [0.717, 1.165) is 4.90 Å². The summed E-state index contributed by atoms with van der Waals surface area (Å²) in [5.74, 6) is -5.79. The fraction of sp³-hybridized carbons (Fsp3) is 0.233. The van der Waals surface area contributed by atoms with Gasteiger partial charge in [0.1, 0.15) is 6.04 Å². The largest absolute Gasteiger partial charge is 0.478 e. The molecule has 13 nitrogen and oxygen atoms in total. The second-order valence-corrected chi connectivity index (χ2v) is 9.66. The topological polar surface area (TPSA) is 201 Å². The molecule has 1 unspecified atom stereocenters. The van der Waals surface area contributed by atoms with Crippen molar-refractivity contribution in [2.45, 2.75) is 45.7 Å². The lowest BCUT2D eigenvalue weighted by Crippen LogP contribution is -2.49. The van der Waals surface area contributed by atoms with Crippen LogP contribution in [0.5, 0.6) is 0 Å². The van der Waals surface area contributed by atoms with Gasteiger partial charge in [0, 0.05) is 25.5 Å². The van der Waals surface area contributed by atoms with Crippen LogP contribution in [0, 0.1) is 10.1 Å². The van der Waals surface area contributed by atoms with Crippen LogP contribution in [0.15, 0.2) is 66.7 Å². The molecule has 2 atom stereocenters. The van der Waals surface area contributed by atoms with Gasteiger partial charge >= 0.3 is 17.8 Å². The van der Waals surface area contributed by atoms with Gasteiger partial charge < -0.3 is 20.8 Å². The van der Waals surface area contributed by atoms with Crippen molar-refractivity contribution in [3.8, 4) is 0 Å². The van der Waals surface area contributed by atoms with Crippen LogP contribution in [0.25, 0.3) is 0 Å². The number of carboxylic acid groups (broad SMARTS) is 2. The molecule has 0 radical (unpaired) electrons. The summed E-state index contributed by atoms with van der Waals surface area (Å²) in [7, 11) is 0. The molecule has 43 heavy (non-hydrogen) atoms. The van der Waals surface area contributed by atoms with Gasteiger partial charge in [-0.3, -0.25) is 29.4 Å². The van der Waals surface area contributed by atoms with Gasteiger partial charge in [-0.1, -0.05) is 43.3 Å². The fourth-order valence-electron chi connectivity index (χ4n) is 4.92. The SMILES string of the molecule is CCc1cc(C[C@@H](C(N)=O)N(C(C)=O)C(C)c2ccc([N+](=O)[O-])cc2)ccc1N(C(=O)C(=O)O)c1ccccc1C(=O)O. The zero-order chi connectivity index (χ0) is 32.0. The normalized spacial score (nSPS) is 12.1. The van der Waals surface area contributed by atoms with E-state index in [1.807, 2.05) is 0 Å². The zero-order valence-electron chi connectivity index (χ0n) is 23.6. The molecular formula is C30H30N4O9. The molecule has 0 saturated carbocycles. The van der Waals surface area contributed by atoms with E-state index >= 15 is 0 Å². The number of amides is 3. The zero-order valence-corrected chi connectivity index (χ0v) is 23.6. The van der Waals surface area contributed by atoms with Crippen LogP contribution in [0.4, 0.5) is 17.1 Å².